The van der Waals surface area contributed by atoms with Crippen LogP contribution in [0, 0.1) is 6.92 Å². The van der Waals surface area contributed by atoms with E-state index in [0.29, 0.717) is 0 Å². The molecule has 0 saturated carbocycles. The van der Waals surface area contributed by atoms with E-state index in [1.165, 1.54) is 22.4 Å². The molecule has 0 amide bonds. The smallest absolute Gasteiger partial charge is 0.172 e. The molecule has 1 spiro atoms. The second kappa shape index (κ2) is 6.82. The third-order valence-electron chi connectivity index (χ3n) is 4.50. The lowest BCUT2D eigenvalue weighted by Crippen LogP contribution is -2.38. The summed E-state index contributed by atoms with van der Waals surface area (Å²) in [4.78, 5) is 0. The molecule has 1 saturated heterocycles. The van der Waals surface area contributed by atoms with Gasteiger partial charge in [-0.1, -0.05) is 29.8 Å². The Kier molecular flexibility index (Phi) is 4.81. The number of hydrogen-bond acceptors (Lipinski definition) is 4. The molecule has 1 aromatic rings. The summed E-state index contributed by atoms with van der Waals surface area (Å²) in [6.07, 6.45) is 2.80. The molecule has 1 aliphatic heterocycles. The molecule has 1 fully saturated rings. The fourth-order valence-corrected chi connectivity index (χ4v) is 3.27. The first-order valence-electron chi connectivity index (χ1n) is 8.14. The normalized spacial score (nSPS) is 20.6. The molecule has 22 heavy (non-hydrogen) atoms. The molecule has 2 N–H and O–H groups in total. The highest BCUT2D eigenvalue weighted by Crippen LogP contribution is 2.37. The van der Waals surface area contributed by atoms with E-state index in [-0.39, 0.29) is 5.79 Å². The summed E-state index contributed by atoms with van der Waals surface area (Å²) in [6.45, 7) is 5.31. The van der Waals surface area contributed by atoms with Crippen molar-refractivity contribution in [3.05, 3.63) is 46.7 Å². The summed E-state index contributed by atoms with van der Waals surface area (Å²) in [5.41, 5.74) is 5.34. The number of benzene rings is 1. The average molecular weight is 302 g/mol. The van der Waals surface area contributed by atoms with Gasteiger partial charge in [0.25, 0.3) is 0 Å². The lowest BCUT2D eigenvalue weighted by Gasteiger charge is -2.35. The van der Waals surface area contributed by atoms with Crippen molar-refractivity contribution in [2.45, 2.75) is 38.5 Å². The Morgan fingerprint density at radius 3 is 2.50 bits per heavy atom. The maximum Gasteiger partial charge on any atom is 0.172 e. The largest absolute Gasteiger partial charge is 0.384 e. The van der Waals surface area contributed by atoms with Crippen LogP contribution in [0.15, 0.2) is 35.5 Å². The van der Waals surface area contributed by atoms with Crippen LogP contribution in [0.1, 0.15) is 30.4 Å². The molecule has 0 aromatic heterocycles. The number of hydrogen-bond donors (Lipinski definition) is 2. The summed E-state index contributed by atoms with van der Waals surface area (Å²) >= 11 is 0. The minimum atomic E-state index is -0.360. The highest BCUT2D eigenvalue weighted by Gasteiger charge is 2.40. The topological polar surface area (TPSA) is 42.5 Å². The van der Waals surface area contributed by atoms with Crippen LogP contribution in [0.4, 0.5) is 0 Å². The Labute approximate surface area is 132 Å². The van der Waals surface area contributed by atoms with E-state index in [0.717, 1.165) is 45.6 Å². The number of rotatable bonds is 5. The van der Waals surface area contributed by atoms with Gasteiger partial charge in [-0.2, -0.15) is 0 Å². The Balaban J connectivity index is 1.68. The number of likely N-dealkylation sites (N-methyl/N-ethyl adjacent to an activating group) is 1. The molecule has 1 heterocycles. The Hall–Kier alpha value is -1.36. The van der Waals surface area contributed by atoms with E-state index in [9.17, 15) is 0 Å². The van der Waals surface area contributed by atoms with E-state index in [1.807, 2.05) is 7.05 Å². The van der Waals surface area contributed by atoms with Gasteiger partial charge in [-0.3, -0.25) is 0 Å². The van der Waals surface area contributed by atoms with E-state index in [2.05, 4.69) is 41.8 Å². The van der Waals surface area contributed by atoms with Crippen LogP contribution in [-0.4, -0.2) is 32.6 Å². The summed E-state index contributed by atoms with van der Waals surface area (Å²) in [7, 11) is 1.99. The van der Waals surface area contributed by atoms with Crippen LogP contribution in [0.25, 0.3) is 0 Å². The van der Waals surface area contributed by atoms with Gasteiger partial charge < -0.3 is 20.1 Å². The maximum atomic E-state index is 5.87. The van der Waals surface area contributed by atoms with E-state index in [4.69, 9.17) is 9.47 Å². The summed E-state index contributed by atoms with van der Waals surface area (Å²) < 4.78 is 11.7. The van der Waals surface area contributed by atoms with Crippen LogP contribution in [-0.2, 0) is 16.0 Å². The lowest BCUT2D eigenvalue weighted by molar-refractivity contribution is -0.164. The quantitative estimate of drug-likeness (QED) is 0.877. The van der Waals surface area contributed by atoms with Crippen molar-refractivity contribution in [1.82, 2.24) is 10.6 Å². The fraction of sp³-hybridized carbons (Fsp3) is 0.556. The van der Waals surface area contributed by atoms with Crippen LogP contribution in [0.5, 0.6) is 0 Å². The van der Waals surface area contributed by atoms with Crippen LogP contribution < -0.4 is 10.6 Å². The van der Waals surface area contributed by atoms with Gasteiger partial charge in [0.2, 0.25) is 0 Å². The van der Waals surface area contributed by atoms with Crippen molar-refractivity contribution in [2.75, 3.05) is 26.8 Å². The molecule has 4 nitrogen and oxygen atoms in total. The van der Waals surface area contributed by atoms with Gasteiger partial charge >= 0.3 is 0 Å². The molecule has 1 aromatic carbocycles. The molecule has 2 aliphatic rings. The number of aryl methyl sites for hydroxylation is 1. The summed E-state index contributed by atoms with van der Waals surface area (Å²) in [5, 5.41) is 6.90. The highest BCUT2D eigenvalue weighted by molar-refractivity contribution is 5.24. The molecule has 1 aliphatic carbocycles. The van der Waals surface area contributed by atoms with Crippen molar-refractivity contribution in [2.24, 2.45) is 0 Å². The molecule has 3 rings (SSSR count). The second-order valence-corrected chi connectivity index (χ2v) is 6.24. The third kappa shape index (κ3) is 3.51. The van der Waals surface area contributed by atoms with Crippen LogP contribution in [0.3, 0.4) is 0 Å². The molecule has 0 bridgehead atoms. The highest BCUT2D eigenvalue weighted by atomic mass is 16.7. The molecule has 0 radical (unpaired) electrons. The first kappa shape index (κ1) is 15.5. The SMILES string of the molecule is CNCC1=C(NCc2ccc(C)cc2)CCC2(C1)OCCO2. The van der Waals surface area contributed by atoms with Gasteiger partial charge in [0, 0.05) is 31.6 Å². The van der Waals surface area contributed by atoms with Crippen molar-refractivity contribution >= 4 is 0 Å². The second-order valence-electron chi connectivity index (χ2n) is 6.24. The zero-order chi connectivity index (χ0) is 15.4. The maximum absolute atomic E-state index is 5.87. The molecule has 0 unspecified atom stereocenters. The van der Waals surface area contributed by atoms with E-state index >= 15 is 0 Å². The minimum absolute atomic E-state index is 0.360. The Bertz CT molecular complexity index is 531. The molecule has 120 valence electrons. The fourth-order valence-electron chi connectivity index (χ4n) is 3.27. The molecular formula is C18H26N2O2. The average Bonchev–Trinajstić information content (AvgIpc) is 2.97. The zero-order valence-corrected chi connectivity index (χ0v) is 13.6. The standard InChI is InChI=1S/C18H26N2O2/c1-14-3-5-15(6-4-14)12-20-17-7-8-18(21-9-10-22-18)11-16(17)13-19-2/h3-6,19-20H,7-13H2,1-2H3. The molecule has 4 heteroatoms. The van der Waals surface area contributed by atoms with E-state index < -0.39 is 0 Å². The predicted octanol–water partition coefficient (Wildman–Crippen LogP) is 2.49. The number of ether oxygens (including phenoxy) is 2. The van der Waals surface area contributed by atoms with Gasteiger partial charge in [0.1, 0.15) is 0 Å². The predicted molar refractivity (Wildman–Crippen MR) is 87.5 cm³/mol. The lowest BCUT2D eigenvalue weighted by atomic mass is 9.90. The Morgan fingerprint density at radius 2 is 1.82 bits per heavy atom. The van der Waals surface area contributed by atoms with Gasteiger partial charge in [-0.25, -0.2) is 0 Å². The van der Waals surface area contributed by atoms with E-state index in [1.54, 1.807) is 0 Å². The number of allylic oxidation sites excluding steroid dienone is 1. The monoisotopic (exact) mass is 302 g/mol. The van der Waals surface area contributed by atoms with Crippen molar-refractivity contribution < 1.29 is 9.47 Å². The zero-order valence-electron chi connectivity index (χ0n) is 13.6. The van der Waals surface area contributed by atoms with Gasteiger partial charge in [-0.05, 0) is 31.5 Å². The Morgan fingerprint density at radius 1 is 1.09 bits per heavy atom. The number of nitrogens with one attached hydrogen (secondary N) is 2. The molecule has 0 atom stereocenters. The van der Waals surface area contributed by atoms with Crippen molar-refractivity contribution in [3.8, 4) is 0 Å². The van der Waals surface area contributed by atoms with Crippen molar-refractivity contribution in [3.63, 3.8) is 0 Å². The van der Waals surface area contributed by atoms with Gasteiger partial charge in [0.15, 0.2) is 5.79 Å². The minimum Gasteiger partial charge on any atom is -0.384 e. The van der Waals surface area contributed by atoms with Crippen LogP contribution >= 0.6 is 0 Å². The molecular weight excluding hydrogens is 276 g/mol. The first-order valence-corrected chi connectivity index (χ1v) is 8.14. The first-order chi connectivity index (χ1) is 10.7. The van der Waals surface area contributed by atoms with Gasteiger partial charge in [0.05, 0.1) is 13.2 Å². The third-order valence-corrected chi connectivity index (χ3v) is 4.50. The summed E-state index contributed by atoms with van der Waals surface area (Å²) in [5.74, 6) is -0.360. The van der Waals surface area contributed by atoms with Crippen molar-refractivity contribution in [1.29, 1.82) is 0 Å². The summed E-state index contributed by atoms with van der Waals surface area (Å²) in [6, 6.07) is 8.70. The van der Waals surface area contributed by atoms with Crippen LogP contribution in [0.2, 0.25) is 0 Å². The van der Waals surface area contributed by atoms with Gasteiger partial charge in [-0.15, -0.1) is 0 Å².